The topological polar surface area (TPSA) is 12.0 Å². The fraction of sp³-hybridized carbons (Fsp3) is 0.250. The van der Waals surface area contributed by atoms with E-state index in [4.69, 9.17) is 11.6 Å². The van der Waals surface area contributed by atoms with Gasteiger partial charge < -0.3 is 5.32 Å². The molecule has 2 aromatic rings. The smallest absolute Gasteiger partial charge is 0.131 e. The van der Waals surface area contributed by atoms with Crippen molar-refractivity contribution in [2.75, 3.05) is 0 Å². The number of hydrogen-bond donors (Lipinski definition) is 1. The maximum Gasteiger partial charge on any atom is 0.131 e. The Balaban J connectivity index is 2.32. The van der Waals surface area contributed by atoms with E-state index in [1.165, 1.54) is 0 Å². The van der Waals surface area contributed by atoms with Crippen molar-refractivity contribution in [1.29, 1.82) is 0 Å². The minimum Gasteiger partial charge on any atom is -0.310 e. The van der Waals surface area contributed by atoms with Crippen molar-refractivity contribution < 1.29 is 8.78 Å². The van der Waals surface area contributed by atoms with E-state index >= 15 is 0 Å². The van der Waals surface area contributed by atoms with Gasteiger partial charge in [-0.15, -0.1) is 0 Å². The molecule has 0 saturated heterocycles. The fourth-order valence-corrected chi connectivity index (χ4v) is 2.22. The Hall–Kier alpha value is -1.45. The quantitative estimate of drug-likeness (QED) is 0.855. The first kappa shape index (κ1) is 14.9. The van der Waals surface area contributed by atoms with Crippen molar-refractivity contribution in [1.82, 2.24) is 5.32 Å². The zero-order valence-corrected chi connectivity index (χ0v) is 12.1. The van der Waals surface area contributed by atoms with E-state index in [2.05, 4.69) is 19.2 Å². The number of halogens is 3. The molecule has 0 amide bonds. The molecule has 0 aromatic heterocycles. The van der Waals surface area contributed by atoms with Crippen molar-refractivity contribution >= 4 is 11.6 Å². The predicted octanol–water partition coefficient (Wildman–Crippen LogP) is 4.78. The molecule has 0 heterocycles. The first-order chi connectivity index (χ1) is 9.47. The van der Waals surface area contributed by atoms with E-state index in [1.807, 2.05) is 6.07 Å². The van der Waals surface area contributed by atoms with Crippen LogP contribution in [0.25, 0.3) is 11.1 Å². The summed E-state index contributed by atoms with van der Waals surface area (Å²) in [5.41, 5.74) is 1.68. The van der Waals surface area contributed by atoms with Gasteiger partial charge in [0.1, 0.15) is 11.6 Å². The Morgan fingerprint density at radius 1 is 1.05 bits per heavy atom. The zero-order valence-electron chi connectivity index (χ0n) is 11.4. The lowest BCUT2D eigenvalue weighted by molar-refractivity contribution is 0.589. The summed E-state index contributed by atoms with van der Waals surface area (Å²) in [5.74, 6) is -0.968. The second kappa shape index (κ2) is 6.33. The molecule has 0 spiro atoms. The average molecular weight is 296 g/mol. The molecule has 2 aromatic carbocycles. The molecule has 0 saturated carbocycles. The predicted molar refractivity (Wildman–Crippen MR) is 78.8 cm³/mol. The van der Waals surface area contributed by atoms with Crippen LogP contribution in [-0.2, 0) is 6.54 Å². The third-order valence-electron chi connectivity index (χ3n) is 2.97. The normalized spacial score (nSPS) is 11.1. The Bertz CT molecular complexity index is 611. The molecule has 0 atom stereocenters. The Kier molecular flexibility index (Phi) is 4.73. The van der Waals surface area contributed by atoms with Crippen LogP contribution in [0.1, 0.15) is 19.4 Å². The number of hydrogen-bond acceptors (Lipinski definition) is 1. The van der Waals surface area contributed by atoms with Crippen LogP contribution in [0.2, 0.25) is 5.02 Å². The highest BCUT2D eigenvalue weighted by Crippen LogP contribution is 2.31. The van der Waals surface area contributed by atoms with Crippen molar-refractivity contribution in [3.8, 4) is 11.1 Å². The third-order valence-corrected chi connectivity index (χ3v) is 3.28. The second-order valence-corrected chi connectivity index (χ2v) is 5.38. The molecule has 0 unspecified atom stereocenters. The highest BCUT2D eigenvalue weighted by Gasteiger charge is 2.11. The summed E-state index contributed by atoms with van der Waals surface area (Å²) < 4.78 is 27.0. The van der Waals surface area contributed by atoms with E-state index in [1.54, 1.807) is 12.1 Å². The van der Waals surface area contributed by atoms with Crippen LogP contribution in [-0.4, -0.2) is 6.04 Å². The molecule has 0 aliphatic heterocycles. The molecule has 4 heteroatoms. The second-order valence-electron chi connectivity index (χ2n) is 4.97. The fourth-order valence-electron chi connectivity index (χ4n) is 1.91. The molecular formula is C16H16ClF2N. The van der Waals surface area contributed by atoms with E-state index in [9.17, 15) is 8.78 Å². The summed E-state index contributed by atoms with van der Waals surface area (Å²) in [6, 6.07) is 9.08. The lowest BCUT2D eigenvalue weighted by atomic mass is 10.0. The van der Waals surface area contributed by atoms with Gasteiger partial charge in [0.15, 0.2) is 0 Å². The van der Waals surface area contributed by atoms with Gasteiger partial charge in [-0.3, -0.25) is 0 Å². The standard InChI is InChI=1S/C16H16ClF2N/c1-10(2)20-9-11-3-5-13(15(17)7-11)14-8-12(18)4-6-16(14)19/h3-8,10,20H,9H2,1-2H3. The van der Waals surface area contributed by atoms with Gasteiger partial charge in [-0.05, 0) is 29.8 Å². The molecule has 1 nitrogen and oxygen atoms in total. The van der Waals surface area contributed by atoms with Crippen LogP contribution in [0.3, 0.4) is 0 Å². The van der Waals surface area contributed by atoms with Crippen molar-refractivity contribution in [2.24, 2.45) is 0 Å². The summed E-state index contributed by atoms with van der Waals surface area (Å²) in [7, 11) is 0. The van der Waals surface area contributed by atoms with Crippen LogP contribution in [0.5, 0.6) is 0 Å². The Morgan fingerprint density at radius 2 is 1.80 bits per heavy atom. The van der Waals surface area contributed by atoms with E-state index < -0.39 is 11.6 Å². The van der Waals surface area contributed by atoms with Gasteiger partial charge in [0.25, 0.3) is 0 Å². The van der Waals surface area contributed by atoms with Crippen molar-refractivity contribution in [2.45, 2.75) is 26.4 Å². The van der Waals surface area contributed by atoms with Gasteiger partial charge in [-0.1, -0.05) is 37.6 Å². The van der Waals surface area contributed by atoms with E-state index in [-0.39, 0.29) is 5.56 Å². The number of nitrogens with one attached hydrogen (secondary N) is 1. The van der Waals surface area contributed by atoms with Crippen molar-refractivity contribution in [3.05, 3.63) is 58.6 Å². The average Bonchev–Trinajstić information content (AvgIpc) is 2.39. The summed E-state index contributed by atoms with van der Waals surface area (Å²) in [4.78, 5) is 0. The summed E-state index contributed by atoms with van der Waals surface area (Å²) in [6.07, 6.45) is 0. The third kappa shape index (κ3) is 3.56. The van der Waals surface area contributed by atoms with Gasteiger partial charge in [-0.2, -0.15) is 0 Å². The SMILES string of the molecule is CC(C)NCc1ccc(-c2cc(F)ccc2F)c(Cl)c1. The minimum atomic E-state index is -0.485. The van der Waals surface area contributed by atoms with Gasteiger partial charge in [-0.25, -0.2) is 8.78 Å². The largest absolute Gasteiger partial charge is 0.310 e. The van der Waals surface area contributed by atoms with Crippen LogP contribution in [0.15, 0.2) is 36.4 Å². The molecule has 20 heavy (non-hydrogen) atoms. The summed E-state index contributed by atoms with van der Waals surface area (Å²) in [6.45, 7) is 4.79. The molecule has 0 aliphatic rings. The molecule has 0 radical (unpaired) electrons. The van der Waals surface area contributed by atoms with Crippen LogP contribution in [0.4, 0.5) is 8.78 Å². The zero-order chi connectivity index (χ0) is 14.7. The first-order valence-electron chi connectivity index (χ1n) is 6.44. The molecular weight excluding hydrogens is 280 g/mol. The Morgan fingerprint density at radius 3 is 2.45 bits per heavy atom. The lowest BCUT2D eigenvalue weighted by Gasteiger charge is -2.11. The molecule has 0 bridgehead atoms. The molecule has 0 fully saturated rings. The summed E-state index contributed by atoms with van der Waals surface area (Å²) >= 11 is 6.19. The maximum atomic E-state index is 13.8. The van der Waals surface area contributed by atoms with Gasteiger partial charge >= 0.3 is 0 Å². The van der Waals surface area contributed by atoms with Gasteiger partial charge in [0, 0.05) is 28.7 Å². The van der Waals surface area contributed by atoms with Crippen LogP contribution < -0.4 is 5.32 Å². The first-order valence-corrected chi connectivity index (χ1v) is 6.82. The van der Waals surface area contributed by atoms with Crippen LogP contribution in [0, 0.1) is 11.6 Å². The van der Waals surface area contributed by atoms with Crippen molar-refractivity contribution in [3.63, 3.8) is 0 Å². The highest BCUT2D eigenvalue weighted by molar-refractivity contribution is 6.33. The highest BCUT2D eigenvalue weighted by atomic mass is 35.5. The number of rotatable bonds is 4. The minimum absolute atomic E-state index is 0.179. The summed E-state index contributed by atoms with van der Waals surface area (Å²) in [5, 5.41) is 3.69. The van der Waals surface area contributed by atoms with Gasteiger partial charge in [0.2, 0.25) is 0 Å². The van der Waals surface area contributed by atoms with E-state index in [0.29, 0.717) is 23.2 Å². The van der Waals surface area contributed by atoms with Crippen LogP contribution >= 0.6 is 11.6 Å². The van der Waals surface area contributed by atoms with E-state index in [0.717, 1.165) is 23.8 Å². The molecule has 2 rings (SSSR count). The molecule has 0 aliphatic carbocycles. The monoisotopic (exact) mass is 295 g/mol. The Labute approximate surface area is 122 Å². The number of benzene rings is 2. The lowest BCUT2D eigenvalue weighted by Crippen LogP contribution is -2.21. The maximum absolute atomic E-state index is 13.8. The van der Waals surface area contributed by atoms with Gasteiger partial charge in [0.05, 0.1) is 0 Å². The molecule has 1 N–H and O–H groups in total. The molecule has 106 valence electrons.